The molecule has 1 rings (SSSR count). The van der Waals surface area contributed by atoms with E-state index in [2.05, 4.69) is 22.9 Å². The Bertz CT molecular complexity index is 78.9. The van der Waals surface area contributed by atoms with E-state index in [1.54, 1.807) is 0 Å². The predicted molar refractivity (Wildman–Crippen MR) is 25.6 cm³/mol. The molecule has 1 heterocycles. The molecule has 0 aromatic heterocycles. The Morgan fingerprint density at radius 2 is 2.83 bits per heavy atom. The second-order valence-electron chi connectivity index (χ2n) is 0.817. The molecule has 0 bridgehead atoms. The molecular weight excluding hydrogens is 118 g/mol. The molecule has 0 atom stereocenters. The molecule has 34 valence electrons. The van der Waals surface area contributed by atoms with E-state index in [1.807, 2.05) is 0 Å². The first kappa shape index (κ1) is 4.14. The molecule has 5 heteroatoms. The van der Waals surface area contributed by atoms with E-state index >= 15 is 0 Å². The van der Waals surface area contributed by atoms with E-state index in [0.717, 1.165) is 5.88 Å². The fourth-order valence-corrected chi connectivity index (χ4v) is 0.820. The quantitative estimate of drug-likeness (QED) is 0.278. The lowest BCUT2D eigenvalue weighted by atomic mass is 11.5. The van der Waals surface area contributed by atoms with Gasteiger partial charge in [0.15, 0.2) is 5.88 Å². The van der Waals surface area contributed by atoms with Crippen LogP contribution in [0.1, 0.15) is 0 Å². The van der Waals surface area contributed by atoms with Gasteiger partial charge in [-0.05, 0) is 0 Å². The van der Waals surface area contributed by atoms with Crippen molar-refractivity contribution in [3.05, 3.63) is 0 Å². The van der Waals surface area contributed by atoms with Crippen LogP contribution in [0.15, 0.2) is 5.22 Å². The van der Waals surface area contributed by atoms with E-state index in [9.17, 15) is 0 Å². The van der Waals surface area contributed by atoms with Gasteiger partial charge in [0.25, 0.3) is 0 Å². The van der Waals surface area contributed by atoms with Crippen LogP contribution in [0.25, 0.3) is 0 Å². The molecule has 0 saturated carbocycles. The van der Waals surface area contributed by atoms with Crippen LogP contribution in [-0.2, 0) is 12.8 Å². The van der Waals surface area contributed by atoms with Crippen LogP contribution in [0.3, 0.4) is 0 Å². The molecule has 0 aromatic rings. The van der Waals surface area contributed by atoms with Gasteiger partial charge in [0, 0.05) is 0 Å². The van der Waals surface area contributed by atoms with E-state index < -0.39 is 0 Å². The van der Waals surface area contributed by atoms with Crippen LogP contribution in [0.2, 0.25) is 0 Å². The van der Waals surface area contributed by atoms with Gasteiger partial charge in [0.1, 0.15) is 11.9 Å². The van der Waals surface area contributed by atoms with Crippen molar-refractivity contribution in [1.29, 1.82) is 0 Å². The maximum absolute atomic E-state index is 4.59. The molecule has 0 amide bonds. The average molecular weight is 121 g/mol. The minimum absolute atomic E-state index is 0.773. The molecule has 1 N–H and O–H groups in total. The van der Waals surface area contributed by atoms with Crippen LogP contribution >= 0.6 is 11.9 Å². The molecule has 0 aliphatic carbocycles. The van der Waals surface area contributed by atoms with Gasteiger partial charge in [-0.3, -0.25) is 4.10 Å². The summed E-state index contributed by atoms with van der Waals surface area (Å²) in [5.41, 5.74) is 0. The number of hydrogen-bond acceptors (Lipinski definition) is 4. The maximum Gasteiger partial charge on any atom is 0.176 e. The molecule has 0 aromatic carbocycles. The predicted octanol–water partition coefficient (Wildman–Crippen LogP) is 0.0369. The monoisotopic (exact) mass is 121 g/mol. The highest BCUT2D eigenvalue weighted by Crippen LogP contribution is 1.98. The zero-order valence-corrected chi connectivity index (χ0v) is 4.55. The minimum atomic E-state index is 0.773. The Labute approximate surface area is 45.5 Å². The van der Waals surface area contributed by atoms with Crippen molar-refractivity contribution in [1.82, 2.24) is 4.83 Å². The smallest absolute Gasteiger partial charge is 0.176 e. The van der Waals surface area contributed by atoms with Crippen molar-refractivity contribution < 1.29 is 4.10 Å². The Morgan fingerprint density at radius 1 is 2.00 bits per heavy atom. The zero-order chi connectivity index (χ0) is 4.41. The second-order valence-corrected chi connectivity index (χ2v) is 1.97. The van der Waals surface area contributed by atoms with E-state index in [0.29, 0.717) is 0 Å². The van der Waals surface area contributed by atoms with Gasteiger partial charge < -0.3 is 12.8 Å². The van der Waals surface area contributed by atoms with Gasteiger partial charge >= 0.3 is 0 Å². The molecule has 0 saturated heterocycles. The van der Waals surface area contributed by atoms with Crippen molar-refractivity contribution in [2.75, 3.05) is 5.88 Å². The molecule has 1 aliphatic heterocycles. The van der Waals surface area contributed by atoms with Crippen molar-refractivity contribution in [3.8, 4) is 0 Å². The Balaban J connectivity index is 2.45. The lowest BCUT2D eigenvalue weighted by Crippen LogP contribution is -1.89. The molecule has 0 spiro atoms. The Morgan fingerprint density at radius 3 is 3.00 bits per heavy atom. The number of rotatable bonds is 0. The van der Waals surface area contributed by atoms with Gasteiger partial charge in [-0.2, -0.15) is 0 Å². The van der Waals surface area contributed by atoms with Crippen molar-refractivity contribution in [2.24, 2.45) is 5.22 Å². The lowest BCUT2D eigenvalue weighted by molar-refractivity contribution is -0.397. The highest BCUT2D eigenvalue weighted by molar-refractivity contribution is 7.97. The normalized spacial score (nSPS) is 19.7. The van der Waals surface area contributed by atoms with Crippen LogP contribution < -0.4 is 4.83 Å². The minimum Gasteiger partial charge on any atom is -0.533 e. The van der Waals surface area contributed by atoms with Crippen LogP contribution in [0.4, 0.5) is 0 Å². The molecule has 6 heavy (non-hydrogen) atoms. The lowest BCUT2D eigenvalue weighted by Gasteiger charge is -1.89. The fraction of sp³-hybridized carbons (Fsp3) is 1.00. The number of nitrogens with one attached hydrogen (secondary N) is 1. The summed E-state index contributed by atoms with van der Waals surface area (Å²) in [6.07, 6.45) is 0. The third-order valence-electron chi connectivity index (χ3n) is 0.392. The summed E-state index contributed by atoms with van der Waals surface area (Å²) in [5.74, 6) is 0.773. The highest BCUT2D eigenvalue weighted by atomic mass is 32.2. The standard InChI is InChI=1S/CH3N3S2/c5-4-1-6-3-2-4/h3H,1H2. The third kappa shape index (κ3) is 0.721. The van der Waals surface area contributed by atoms with Crippen molar-refractivity contribution in [2.45, 2.75) is 0 Å². The summed E-state index contributed by atoms with van der Waals surface area (Å²) in [6.45, 7) is 0. The summed E-state index contributed by atoms with van der Waals surface area (Å²) >= 11 is 6.07. The molecule has 0 radical (unpaired) electrons. The average Bonchev–Trinajstić information content (AvgIpc) is 1.86. The van der Waals surface area contributed by atoms with Crippen LogP contribution in [0, 0.1) is 0 Å². The summed E-state index contributed by atoms with van der Waals surface area (Å²) in [4.78, 5) is 2.64. The largest absolute Gasteiger partial charge is 0.533 e. The zero-order valence-electron chi connectivity index (χ0n) is 2.92. The van der Waals surface area contributed by atoms with E-state index in [4.69, 9.17) is 0 Å². The number of nitrogens with zero attached hydrogens (tertiary/aromatic N) is 2. The SMILES string of the molecule is [S-][N+]1=NNSC1. The summed E-state index contributed by atoms with van der Waals surface area (Å²) < 4.78 is 1.42. The highest BCUT2D eigenvalue weighted by Gasteiger charge is 1.98. The molecule has 0 unspecified atom stereocenters. The second kappa shape index (κ2) is 1.61. The van der Waals surface area contributed by atoms with E-state index in [1.165, 1.54) is 16.1 Å². The fourth-order valence-electron chi connectivity index (χ4n) is 0.187. The third-order valence-corrected chi connectivity index (χ3v) is 1.35. The Hall–Kier alpha value is -0.0300. The molecule has 3 nitrogen and oxygen atoms in total. The summed E-state index contributed by atoms with van der Waals surface area (Å²) in [7, 11) is 0. The first-order valence-electron chi connectivity index (χ1n) is 1.42. The van der Waals surface area contributed by atoms with Gasteiger partial charge in [0.05, 0.1) is 5.22 Å². The molecule has 0 fully saturated rings. The van der Waals surface area contributed by atoms with Crippen molar-refractivity contribution in [3.63, 3.8) is 0 Å². The maximum atomic E-state index is 4.59. The Kier molecular flexibility index (Phi) is 1.11. The molecule has 1 aliphatic rings. The molecular formula is CH3N3S2. The summed E-state index contributed by atoms with van der Waals surface area (Å²) in [6, 6.07) is 0. The van der Waals surface area contributed by atoms with Gasteiger partial charge in [-0.25, -0.2) is 0 Å². The first-order valence-corrected chi connectivity index (χ1v) is 2.77. The van der Waals surface area contributed by atoms with Crippen molar-refractivity contribution >= 4 is 24.8 Å². The topological polar surface area (TPSA) is 27.4 Å². The first-order chi connectivity index (χ1) is 2.89. The van der Waals surface area contributed by atoms with Gasteiger partial charge in [-0.1, -0.05) is 0 Å². The summed E-state index contributed by atoms with van der Waals surface area (Å²) in [5, 5.41) is 3.60. The van der Waals surface area contributed by atoms with Crippen LogP contribution in [0.5, 0.6) is 0 Å². The number of hydrogen-bond donors (Lipinski definition) is 1. The van der Waals surface area contributed by atoms with E-state index in [-0.39, 0.29) is 0 Å². The van der Waals surface area contributed by atoms with Crippen LogP contribution in [-0.4, -0.2) is 9.98 Å². The van der Waals surface area contributed by atoms with Gasteiger partial charge in [-0.15, -0.1) is 4.83 Å². The van der Waals surface area contributed by atoms with Gasteiger partial charge in [0.2, 0.25) is 0 Å².